The van der Waals surface area contributed by atoms with Crippen molar-refractivity contribution in [2.75, 3.05) is 16.8 Å². The molecule has 2 N–H and O–H groups in total. The van der Waals surface area contributed by atoms with Gasteiger partial charge in [-0.25, -0.2) is 9.37 Å². The summed E-state index contributed by atoms with van der Waals surface area (Å²) < 4.78 is 13.6. The standard InChI is InChI=1S/C27H22FN5O2/c28-22-8-3-7-20(13-22)26(35)16-31-27-25(33(18-34)17-19-5-4-12-30-15-19)11-10-24(32-27)23-9-2-1-6-21(23)14-29/h1-13,15,18,26,35H,16-17H2,(H,31,32). The number of nitrogens with zero attached hydrogens (tertiary/aromatic N) is 4. The second kappa shape index (κ2) is 11.0. The molecule has 0 bridgehead atoms. The maximum absolute atomic E-state index is 13.6. The number of aromatic nitrogens is 2. The van der Waals surface area contributed by atoms with Crippen molar-refractivity contribution in [2.45, 2.75) is 12.6 Å². The summed E-state index contributed by atoms with van der Waals surface area (Å²) in [5.74, 6) is -0.110. The molecular formula is C27H22FN5O2. The molecule has 4 rings (SSSR count). The summed E-state index contributed by atoms with van der Waals surface area (Å²) >= 11 is 0. The summed E-state index contributed by atoms with van der Waals surface area (Å²) in [6, 6.07) is 22.1. The van der Waals surface area contributed by atoms with Crippen LogP contribution in [-0.4, -0.2) is 28.0 Å². The Morgan fingerprint density at radius 3 is 2.71 bits per heavy atom. The Hall–Kier alpha value is -4.61. The highest BCUT2D eigenvalue weighted by Gasteiger charge is 2.17. The van der Waals surface area contributed by atoms with E-state index >= 15 is 0 Å². The number of nitriles is 1. The first-order chi connectivity index (χ1) is 17.1. The number of hydrogen-bond acceptors (Lipinski definition) is 6. The van der Waals surface area contributed by atoms with Crippen LogP contribution in [0.2, 0.25) is 0 Å². The number of aliphatic hydroxyl groups is 1. The minimum Gasteiger partial charge on any atom is -0.387 e. The van der Waals surface area contributed by atoms with Crippen molar-refractivity contribution in [3.8, 4) is 17.3 Å². The summed E-state index contributed by atoms with van der Waals surface area (Å²) in [5.41, 5.74) is 3.34. The van der Waals surface area contributed by atoms with Gasteiger partial charge in [-0.1, -0.05) is 36.4 Å². The van der Waals surface area contributed by atoms with Crippen LogP contribution in [0.15, 0.2) is 85.2 Å². The van der Waals surface area contributed by atoms with Crippen LogP contribution in [0, 0.1) is 17.1 Å². The number of rotatable bonds is 9. The first kappa shape index (κ1) is 23.5. The number of carbonyl (C=O) groups is 1. The number of anilines is 2. The van der Waals surface area contributed by atoms with Crippen molar-refractivity contribution in [1.82, 2.24) is 9.97 Å². The predicted octanol–water partition coefficient (Wildman–Crippen LogP) is 4.46. The van der Waals surface area contributed by atoms with Crippen LogP contribution in [-0.2, 0) is 11.3 Å². The molecule has 0 aliphatic heterocycles. The highest BCUT2D eigenvalue weighted by molar-refractivity contribution is 5.83. The molecule has 7 nitrogen and oxygen atoms in total. The first-order valence-corrected chi connectivity index (χ1v) is 10.9. The molecule has 8 heteroatoms. The average molecular weight is 468 g/mol. The average Bonchev–Trinajstić information content (AvgIpc) is 2.91. The molecule has 35 heavy (non-hydrogen) atoms. The van der Waals surface area contributed by atoms with E-state index in [2.05, 4.69) is 21.4 Å². The minimum atomic E-state index is -1.02. The van der Waals surface area contributed by atoms with Crippen LogP contribution in [0.4, 0.5) is 15.9 Å². The quantitative estimate of drug-likeness (QED) is 0.352. The van der Waals surface area contributed by atoms with Crippen LogP contribution in [0.3, 0.4) is 0 Å². The Kier molecular flexibility index (Phi) is 7.40. The summed E-state index contributed by atoms with van der Waals surface area (Å²) in [4.78, 5) is 22.3. The molecule has 0 aliphatic carbocycles. The van der Waals surface area contributed by atoms with Crippen LogP contribution in [0.25, 0.3) is 11.3 Å². The Morgan fingerprint density at radius 2 is 1.97 bits per heavy atom. The number of aliphatic hydroxyl groups excluding tert-OH is 1. The van der Waals surface area contributed by atoms with E-state index in [9.17, 15) is 19.6 Å². The summed E-state index contributed by atoms with van der Waals surface area (Å²) in [6.45, 7) is 0.278. The van der Waals surface area contributed by atoms with E-state index in [-0.39, 0.29) is 13.1 Å². The second-order valence-electron chi connectivity index (χ2n) is 7.77. The molecule has 0 saturated heterocycles. The number of hydrogen-bond donors (Lipinski definition) is 2. The fourth-order valence-electron chi connectivity index (χ4n) is 3.66. The van der Waals surface area contributed by atoms with Crippen LogP contribution in [0.1, 0.15) is 22.8 Å². The normalized spacial score (nSPS) is 11.3. The zero-order chi connectivity index (χ0) is 24.6. The Labute approximate surface area is 202 Å². The zero-order valence-electron chi connectivity index (χ0n) is 18.7. The van der Waals surface area contributed by atoms with Gasteiger partial charge in [0.2, 0.25) is 6.41 Å². The number of benzene rings is 2. The van der Waals surface area contributed by atoms with Crippen molar-refractivity contribution in [3.05, 3.63) is 108 Å². The van der Waals surface area contributed by atoms with E-state index in [1.165, 1.54) is 23.1 Å². The first-order valence-electron chi connectivity index (χ1n) is 10.9. The van der Waals surface area contributed by atoms with E-state index < -0.39 is 11.9 Å². The van der Waals surface area contributed by atoms with Gasteiger partial charge in [-0.05, 0) is 47.5 Å². The van der Waals surface area contributed by atoms with Crippen LogP contribution in [0.5, 0.6) is 0 Å². The van der Waals surface area contributed by atoms with Crippen molar-refractivity contribution in [1.29, 1.82) is 5.26 Å². The van der Waals surface area contributed by atoms with Crippen LogP contribution >= 0.6 is 0 Å². The van der Waals surface area contributed by atoms with Gasteiger partial charge in [0.25, 0.3) is 0 Å². The number of pyridine rings is 2. The van der Waals surface area contributed by atoms with Crippen molar-refractivity contribution in [3.63, 3.8) is 0 Å². The van der Waals surface area contributed by atoms with E-state index in [0.717, 1.165) is 5.56 Å². The van der Waals surface area contributed by atoms with Crippen molar-refractivity contribution in [2.24, 2.45) is 0 Å². The Morgan fingerprint density at radius 1 is 1.11 bits per heavy atom. The molecule has 1 amide bonds. The predicted molar refractivity (Wildman–Crippen MR) is 131 cm³/mol. The molecule has 0 saturated carbocycles. The van der Waals surface area contributed by atoms with Gasteiger partial charge in [0.15, 0.2) is 5.82 Å². The maximum Gasteiger partial charge on any atom is 0.214 e. The molecule has 1 unspecified atom stereocenters. The lowest BCUT2D eigenvalue weighted by atomic mass is 10.0. The minimum absolute atomic E-state index is 0.0202. The van der Waals surface area contributed by atoms with Gasteiger partial charge < -0.3 is 15.3 Å². The molecule has 4 aromatic rings. The van der Waals surface area contributed by atoms with Gasteiger partial charge >= 0.3 is 0 Å². The number of carbonyl (C=O) groups excluding carboxylic acids is 1. The smallest absolute Gasteiger partial charge is 0.214 e. The SMILES string of the molecule is N#Cc1ccccc1-c1ccc(N(C=O)Cc2cccnc2)c(NCC(O)c2cccc(F)c2)n1. The highest BCUT2D eigenvalue weighted by atomic mass is 19.1. The molecule has 0 fully saturated rings. The van der Waals surface area contributed by atoms with Crippen molar-refractivity contribution >= 4 is 17.9 Å². The van der Waals surface area contributed by atoms with Gasteiger partial charge in [-0.15, -0.1) is 0 Å². The third-order valence-corrected chi connectivity index (χ3v) is 5.41. The number of amides is 1. The number of nitrogens with one attached hydrogen (secondary N) is 1. The van der Waals surface area contributed by atoms with Gasteiger partial charge in [-0.3, -0.25) is 9.78 Å². The lowest BCUT2D eigenvalue weighted by molar-refractivity contribution is -0.107. The molecule has 174 valence electrons. The van der Waals surface area contributed by atoms with Crippen molar-refractivity contribution < 1.29 is 14.3 Å². The zero-order valence-corrected chi connectivity index (χ0v) is 18.7. The lowest BCUT2D eigenvalue weighted by Crippen LogP contribution is -2.23. The third-order valence-electron chi connectivity index (χ3n) is 5.41. The third kappa shape index (κ3) is 5.66. The Bertz CT molecular complexity index is 1360. The summed E-state index contributed by atoms with van der Waals surface area (Å²) in [6.07, 6.45) is 3.00. The number of halogens is 1. The monoisotopic (exact) mass is 467 g/mol. The van der Waals surface area contributed by atoms with Gasteiger partial charge in [0.1, 0.15) is 5.82 Å². The molecule has 2 aromatic heterocycles. The lowest BCUT2D eigenvalue weighted by Gasteiger charge is -2.22. The highest BCUT2D eigenvalue weighted by Crippen LogP contribution is 2.30. The van der Waals surface area contributed by atoms with E-state index in [1.54, 1.807) is 54.9 Å². The van der Waals surface area contributed by atoms with Gasteiger partial charge in [-0.2, -0.15) is 5.26 Å². The molecule has 2 aromatic carbocycles. The molecular weight excluding hydrogens is 445 g/mol. The fourth-order valence-corrected chi connectivity index (χ4v) is 3.66. The molecule has 0 radical (unpaired) electrons. The van der Waals surface area contributed by atoms with Gasteiger partial charge in [0.05, 0.1) is 35.7 Å². The van der Waals surface area contributed by atoms with E-state index in [0.29, 0.717) is 40.3 Å². The summed E-state index contributed by atoms with van der Waals surface area (Å²) in [7, 11) is 0. The van der Waals surface area contributed by atoms with E-state index in [4.69, 9.17) is 0 Å². The summed E-state index contributed by atoms with van der Waals surface area (Å²) in [5, 5.41) is 23.2. The molecule has 2 heterocycles. The van der Waals surface area contributed by atoms with Crippen LogP contribution < -0.4 is 10.2 Å². The fraction of sp³-hybridized carbons (Fsp3) is 0.111. The largest absolute Gasteiger partial charge is 0.387 e. The van der Waals surface area contributed by atoms with E-state index in [1.807, 2.05) is 12.1 Å². The topological polar surface area (TPSA) is 102 Å². The molecule has 1 atom stereocenters. The van der Waals surface area contributed by atoms with Gasteiger partial charge in [0, 0.05) is 24.5 Å². The molecule has 0 aliphatic rings. The Balaban J connectivity index is 1.69. The molecule has 0 spiro atoms. The second-order valence-corrected chi connectivity index (χ2v) is 7.77. The maximum atomic E-state index is 13.6.